The van der Waals surface area contributed by atoms with E-state index >= 15 is 0 Å². The Labute approximate surface area is 115 Å². The molecule has 0 spiro atoms. The molecule has 0 aliphatic rings. The Morgan fingerprint density at radius 2 is 2.00 bits per heavy atom. The lowest BCUT2D eigenvalue weighted by atomic mass is 10.2. The Bertz CT molecular complexity index is 807. The van der Waals surface area contributed by atoms with Crippen molar-refractivity contribution in [3.8, 4) is 0 Å². The summed E-state index contributed by atoms with van der Waals surface area (Å²) in [5.41, 5.74) is 1.28. The van der Waals surface area contributed by atoms with Gasteiger partial charge in [-0.1, -0.05) is 12.1 Å². The average molecular weight is 267 g/mol. The van der Waals surface area contributed by atoms with Gasteiger partial charge in [0.1, 0.15) is 11.6 Å². The van der Waals surface area contributed by atoms with Crippen LogP contribution >= 0.6 is 0 Å². The van der Waals surface area contributed by atoms with Gasteiger partial charge in [0, 0.05) is 18.6 Å². The van der Waals surface area contributed by atoms with Gasteiger partial charge in [-0.3, -0.25) is 0 Å². The number of benzene rings is 1. The molecular formula is C14H13N5O. The molecule has 3 rings (SSSR count). The van der Waals surface area contributed by atoms with E-state index in [1.54, 1.807) is 6.20 Å². The first kappa shape index (κ1) is 12.3. The number of rotatable bonds is 2. The number of nitrogens with zero attached hydrogens (tertiary/aromatic N) is 4. The minimum atomic E-state index is -0.370. The molecule has 0 radical (unpaired) electrons. The van der Waals surface area contributed by atoms with Crippen LogP contribution < -0.4 is 10.6 Å². The summed E-state index contributed by atoms with van der Waals surface area (Å²) in [4.78, 5) is 28.1. The summed E-state index contributed by atoms with van der Waals surface area (Å²) in [6, 6.07) is 7.82. The van der Waals surface area contributed by atoms with Crippen LogP contribution in [0.25, 0.3) is 10.9 Å². The lowest BCUT2D eigenvalue weighted by Crippen LogP contribution is -2.16. The number of hydrogen-bond acceptors (Lipinski definition) is 5. The van der Waals surface area contributed by atoms with E-state index in [2.05, 4.69) is 19.9 Å². The average Bonchev–Trinajstić information content (AvgIpc) is 2.46. The second-order valence-electron chi connectivity index (χ2n) is 4.45. The molecular weight excluding hydrogens is 254 g/mol. The van der Waals surface area contributed by atoms with Crippen LogP contribution in [0.5, 0.6) is 0 Å². The summed E-state index contributed by atoms with van der Waals surface area (Å²) in [6.45, 7) is 1.86. The zero-order chi connectivity index (χ0) is 14.1. The van der Waals surface area contributed by atoms with E-state index in [0.29, 0.717) is 5.82 Å². The van der Waals surface area contributed by atoms with E-state index in [1.165, 1.54) is 6.20 Å². The molecule has 1 aromatic carbocycles. The van der Waals surface area contributed by atoms with Crippen LogP contribution in [0.2, 0.25) is 0 Å². The second-order valence-corrected chi connectivity index (χ2v) is 4.45. The van der Waals surface area contributed by atoms with Crippen LogP contribution in [0.3, 0.4) is 0 Å². The summed E-state index contributed by atoms with van der Waals surface area (Å²) < 4.78 is 0. The number of aryl methyl sites for hydroxylation is 1. The first-order valence-electron chi connectivity index (χ1n) is 6.17. The number of nitrogens with one attached hydrogen (secondary N) is 1. The largest absolute Gasteiger partial charge is 0.345 e. The Balaban J connectivity index is 2.18. The quantitative estimate of drug-likeness (QED) is 0.766. The maximum absolute atomic E-state index is 11.0. The van der Waals surface area contributed by atoms with E-state index < -0.39 is 0 Å². The summed E-state index contributed by atoms with van der Waals surface area (Å²) in [6.07, 6.45) is 3.13. The summed E-state index contributed by atoms with van der Waals surface area (Å²) in [5.74, 6) is 1.48. The van der Waals surface area contributed by atoms with Crippen LogP contribution in [0.15, 0.2) is 41.5 Å². The van der Waals surface area contributed by atoms with Gasteiger partial charge in [-0.05, 0) is 19.1 Å². The van der Waals surface area contributed by atoms with E-state index in [-0.39, 0.29) is 5.69 Å². The summed E-state index contributed by atoms with van der Waals surface area (Å²) >= 11 is 0. The Hall–Kier alpha value is -2.76. The SMILES string of the molecule is Cc1nc(N(C)c2cnc(=O)[nH]c2)c2ccccc2n1. The molecule has 0 aliphatic carbocycles. The number of hydrogen-bond donors (Lipinski definition) is 1. The fourth-order valence-corrected chi connectivity index (χ4v) is 2.07. The Morgan fingerprint density at radius 3 is 2.75 bits per heavy atom. The van der Waals surface area contributed by atoms with Crippen molar-refractivity contribution in [1.29, 1.82) is 0 Å². The van der Waals surface area contributed by atoms with Gasteiger partial charge in [-0.25, -0.2) is 14.8 Å². The molecule has 3 aromatic rings. The predicted molar refractivity (Wildman–Crippen MR) is 77.2 cm³/mol. The number of para-hydroxylation sites is 1. The smallest absolute Gasteiger partial charge is 0.326 e. The molecule has 2 aromatic heterocycles. The third kappa shape index (κ3) is 2.11. The number of fused-ring (bicyclic) bond motifs is 1. The highest BCUT2D eigenvalue weighted by Gasteiger charge is 2.11. The fourth-order valence-electron chi connectivity index (χ4n) is 2.07. The highest BCUT2D eigenvalue weighted by Crippen LogP contribution is 2.27. The van der Waals surface area contributed by atoms with Crippen molar-refractivity contribution in [1.82, 2.24) is 19.9 Å². The molecule has 100 valence electrons. The van der Waals surface area contributed by atoms with Crippen molar-refractivity contribution in [3.05, 3.63) is 53.0 Å². The third-order valence-corrected chi connectivity index (χ3v) is 3.06. The van der Waals surface area contributed by atoms with Gasteiger partial charge in [-0.15, -0.1) is 0 Å². The molecule has 6 nitrogen and oxygen atoms in total. The highest BCUT2D eigenvalue weighted by molar-refractivity contribution is 5.91. The van der Waals surface area contributed by atoms with Crippen molar-refractivity contribution in [3.63, 3.8) is 0 Å². The Morgan fingerprint density at radius 1 is 1.20 bits per heavy atom. The maximum Gasteiger partial charge on any atom is 0.345 e. The molecule has 1 N–H and O–H groups in total. The lowest BCUT2D eigenvalue weighted by Gasteiger charge is -2.19. The minimum Gasteiger partial charge on any atom is -0.326 e. The second kappa shape index (κ2) is 4.73. The minimum absolute atomic E-state index is 0.370. The zero-order valence-electron chi connectivity index (χ0n) is 11.2. The molecule has 6 heteroatoms. The molecule has 2 heterocycles. The maximum atomic E-state index is 11.0. The molecule has 0 saturated heterocycles. The van der Waals surface area contributed by atoms with Crippen LogP contribution in [-0.2, 0) is 0 Å². The topological polar surface area (TPSA) is 74.8 Å². The third-order valence-electron chi connectivity index (χ3n) is 3.06. The Kier molecular flexibility index (Phi) is 2.90. The van der Waals surface area contributed by atoms with Crippen molar-refractivity contribution >= 4 is 22.4 Å². The first-order chi connectivity index (χ1) is 9.65. The van der Waals surface area contributed by atoms with Gasteiger partial charge in [-0.2, -0.15) is 4.98 Å². The zero-order valence-corrected chi connectivity index (χ0v) is 11.2. The normalized spacial score (nSPS) is 10.7. The van der Waals surface area contributed by atoms with E-state index in [9.17, 15) is 4.79 Å². The first-order valence-corrected chi connectivity index (χ1v) is 6.17. The van der Waals surface area contributed by atoms with Crippen LogP contribution in [0.4, 0.5) is 11.5 Å². The van der Waals surface area contributed by atoms with Crippen molar-refractivity contribution in [2.75, 3.05) is 11.9 Å². The van der Waals surface area contributed by atoms with Crippen LogP contribution in [-0.4, -0.2) is 27.0 Å². The monoisotopic (exact) mass is 267 g/mol. The number of aromatic nitrogens is 4. The van der Waals surface area contributed by atoms with Crippen molar-refractivity contribution in [2.24, 2.45) is 0 Å². The molecule has 0 aliphatic heterocycles. The van der Waals surface area contributed by atoms with Gasteiger partial charge in [0.15, 0.2) is 0 Å². The number of anilines is 2. The fraction of sp³-hybridized carbons (Fsp3) is 0.143. The molecule has 0 amide bonds. The van der Waals surface area contributed by atoms with E-state index in [1.807, 2.05) is 43.1 Å². The van der Waals surface area contributed by atoms with Gasteiger partial charge >= 0.3 is 5.69 Å². The van der Waals surface area contributed by atoms with Gasteiger partial charge in [0.25, 0.3) is 0 Å². The molecule has 0 bridgehead atoms. The lowest BCUT2D eigenvalue weighted by molar-refractivity contribution is 1.01. The predicted octanol–water partition coefficient (Wildman–Crippen LogP) is 1.79. The molecule has 0 saturated carbocycles. The van der Waals surface area contributed by atoms with E-state index in [4.69, 9.17) is 0 Å². The van der Waals surface area contributed by atoms with E-state index in [0.717, 1.165) is 22.4 Å². The van der Waals surface area contributed by atoms with Crippen LogP contribution in [0, 0.1) is 6.92 Å². The van der Waals surface area contributed by atoms with Crippen molar-refractivity contribution < 1.29 is 0 Å². The van der Waals surface area contributed by atoms with Gasteiger partial charge < -0.3 is 9.88 Å². The summed E-state index contributed by atoms with van der Waals surface area (Å²) in [5, 5.41) is 0.951. The standard InChI is InChI=1S/C14H13N5O/c1-9-17-12-6-4-3-5-11(12)13(18-9)19(2)10-7-15-14(20)16-8-10/h3-8H,1-2H3,(H,15,16,20). The highest BCUT2D eigenvalue weighted by atomic mass is 16.1. The van der Waals surface area contributed by atoms with Gasteiger partial charge in [0.05, 0.1) is 17.4 Å². The summed E-state index contributed by atoms with van der Waals surface area (Å²) in [7, 11) is 1.88. The molecule has 0 unspecified atom stereocenters. The van der Waals surface area contributed by atoms with Crippen molar-refractivity contribution in [2.45, 2.75) is 6.92 Å². The van der Waals surface area contributed by atoms with Gasteiger partial charge in [0.2, 0.25) is 0 Å². The molecule has 0 atom stereocenters. The molecule has 0 fully saturated rings. The number of aromatic amines is 1. The molecule has 20 heavy (non-hydrogen) atoms. The van der Waals surface area contributed by atoms with Crippen LogP contribution in [0.1, 0.15) is 5.82 Å². The number of H-pyrrole nitrogens is 1.